The molecule has 3 rings (SSSR count). The van der Waals surface area contributed by atoms with Crippen LogP contribution < -0.4 is 4.74 Å². The molecule has 0 spiro atoms. The smallest absolute Gasteiger partial charge is 0.119 e. The van der Waals surface area contributed by atoms with Gasteiger partial charge in [0.25, 0.3) is 0 Å². The normalized spacial score (nSPS) is 10.8. The van der Waals surface area contributed by atoms with Gasteiger partial charge < -0.3 is 4.74 Å². The first-order chi connectivity index (χ1) is 8.79. The minimum Gasteiger partial charge on any atom is -0.497 e. The number of methoxy groups -OCH3 is 1. The van der Waals surface area contributed by atoms with E-state index >= 15 is 0 Å². The van der Waals surface area contributed by atoms with Crippen molar-refractivity contribution in [2.45, 2.75) is 0 Å². The van der Waals surface area contributed by atoms with Crippen LogP contribution in [0.5, 0.6) is 5.75 Å². The second-order valence-corrected chi connectivity index (χ2v) is 5.17. The lowest BCUT2D eigenvalue weighted by molar-refractivity contribution is 0.415. The van der Waals surface area contributed by atoms with Gasteiger partial charge in [-0.05, 0) is 39.7 Å². The van der Waals surface area contributed by atoms with Crippen LogP contribution in [0.1, 0.15) is 0 Å². The molecule has 0 aliphatic rings. The molecule has 0 aliphatic heterocycles. The van der Waals surface area contributed by atoms with E-state index < -0.39 is 0 Å². The van der Waals surface area contributed by atoms with Crippen LogP contribution in [0.15, 0.2) is 40.9 Å². The Labute approximate surface area is 117 Å². The predicted molar refractivity (Wildman–Crippen MR) is 77.1 cm³/mol. The van der Waals surface area contributed by atoms with Crippen molar-refractivity contribution in [3.63, 3.8) is 0 Å². The van der Waals surface area contributed by atoms with Crippen molar-refractivity contribution >= 4 is 38.7 Å². The third kappa shape index (κ3) is 1.89. The van der Waals surface area contributed by atoms with Crippen molar-refractivity contribution in [1.82, 2.24) is 8.75 Å². The minimum absolute atomic E-state index is 0.850. The lowest BCUT2D eigenvalue weighted by atomic mass is 10.0. The highest BCUT2D eigenvalue weighted by molar-refractivity contribution is 9.10. The van der Waals surface area contributed by atoms with E-state index in [9.17, 15) is 0 Å². The van der Waals surface area contributed by atoms with Crippen molar-refractivity contribution in [1.29, 1.82) is 0 Å². The van der Waals surface area contributed by atoms with Gasteiger partial charge in [0.15, 0.2) is 0 Å². The molecule has 0 radical (unpaired) electrons. The van der Waals surface area contributed by atoms with E-state index in [-0.39, 0.29) is 0 Å². The SMILES string of the molecule is COc1ccc(-c2ccc(Br)c3nsnc23)cc1. The van der Waals surface area contributed by atoms with Crippen molar-refractivity contribution in [2.75, 3.05) is 7.11 Å². The van der Waals surface area contributed by atoms with Crippen molar-refractivity contribution in [3.8, 4) is 16.9 Å². The fourth-order valence-corrected chi connectivity index (χ4v) is 2.94. The first-order valence-electron chi connectivity index (χ1n) is 5.35. The third-order valence-electron chi connectivity index (χ3n) is 2.77. The van der Waals surface area contributed by atoms with E-state index in [0.29, 0.717) is 0 Å². The monoisotopic (exact) mass is 320 g/mol. The van der Waals surface area contributed by atoms with Crippen LogP contribution >= 0.6 is 27.7 Å². The highest BCUT2D eigenvalue weighted by Gasteiger charge is 2.10. The minimum atomic E-state index is 0.850. The van der Waals surface area contributed by atoms with Crippen LogP contribution in [0.4, 0.5) is 0 Å². The zero-order valence-electron chi connectivity index (χ0n) is 9.55. The molecule has 18 heavy (non-hydrogen) atoms. The largest absolute Gasteiger partial charge is 0.497 e. The summed E-state index contributed by atoms with van der Waals surface area (Å²) in [5.41, 5.74) is 4.04. The predicted octanol–water partition coefficient (Wildman–Crippen LogP) is 4.13. The average molecular weight is 321 g/mol. The van der Waals surface area contributed by atoms with Crippen LogP contribution in [-0.2, 0) is 0 Å². The molecule has 0 atom stereocenters. The second kappa shape index (κ2) is 4.66. The zero-order valence-corrected chi connectivity index (χ0v) is 12.0. The molecule has 2 aromatic carbocycles. The van der Waals surface area contributed by atoms with E-state index in [1.54, 1.807) is 7.11 Å². The molecule has 0 amide bonds. The first-order valence-corrected chi connectivity index (χ1v) is 6.87. The molecule has 0 N–H and O–H groups in total. The molecule has 1 heterocycles. The number of benzene rings is 2. The fraction of sp³-hybridized carbons (Fsp3) is 0.0769. The summed E-state index contributed by atoms with van der Waals surface area (Å²) >= 11 is 4.72. The lowest BCUT2D eigenvalue weighted by Gasteiger charge is -2.05. The Bertz CT molecular complexity index is 694. The van der Waals surface area contributed by atoms with Gasteiger partial charge in [-0.1, -0.05) is 18.2 Å². The second-order valence-electron chi connectivity index (χ2n) is 3.78. The Kier molecular flexibility index (Phi) is 3.01. The summed E-state index contributed by atoms with van der Waals surface area (Å²) in [5, 5.41) is 0. The molecule has 0 bridgehead atoms. The number of hydrogen-bond acceptors (Lipinski definition) is 4. The summed E-state index contributed by atoms with van der Waals surface area (Å²) in [6.07, 6.45) is 0. The highest BCUT2D eigenvalue weighted by atomic mass is 79.9. The molecule has 0 fully saturated rings. The van der Waals surface area contributed by atoms with E-state index in [1.807, 2.05) is 30.3 Å². The molecular weight excluding hydrogens is 312 g/mol. The number of rotatable bonds is 2. The molecular formula is C13H9BrN2OS. The third-order valence-corrected chi connectivity index (χ3v) is 3.94. The van der Waals surface area contributed by atoms with Gasteiger partial charge in [0, 0.05) is 10.0 Å². The van der Waals surface area contributed by atoms with E-state index in [4.69, 9.17) is 4.74 Å². The summed E-state index contributed by atoms with van der Waals surface area (Å²) in [6.45, 7) is 0. The Morgan fingerprint density at radius 1 is 1.00 bits per heavy atom. The van der Waals surface area contributed by atoms with Gasteiger partial charge >= 0.3 is 0 Å². The maximum absolute atomic E-state index is 5.16. The molecule has 0 saturated carbocycles. The van der Waals surface area contributed by atoms with Gasteiger partial charge in [0.1, 0.15) is 16.8 Å². The number of fused-ring (bicyclic) bond motifs is 1. The van der Waals surface area contributed by atoms with Crippen molar-refractivity contribution < 1.29 is 4.74 Å². The molecule has 0 saturated heterocycles. The maximum Gasteiger partial charge on any atom is 0.119 e. The van der Waals surface area contributed by atoms with Gasteiger partial charge in [-0.2, -0.15) is 8.75 Å². The van der Waals surface area contributed by atoms with Crippen molar-refractivity contribution in [2.24, 2.45) is 0 Å². The number of halogens is 1. The van der Waals surface area contributed by atoms with Gasteiger partial charge in [-0.15, -0.1) is 0 Å². The van der Waals surface area contributed by atoms with Crippen LogP contribution in [0.25, 0.3) is 22.2 Å². The molecule has 3 aromatic rings. The van der Waals surface area contributed by atoms with Gasteiger partial charge in [-0.25, -0.2) is 0 Å². The van der Waals surface area contributed by atoms with Crippen LogP contribution in [-0.4, -0.2) is 15.9 Å². The Hall–Kier alpha value is -1.46. The van der Waals surface area contributed by atoms with Gasteiger partial charge in [-0.3, -0.25) is 0 Å². The summed E-state index contributed by atoms with van der Waals surface area (Å²) in [5.74, 6) is 0.850. The number of aromatic nitrogens is 2. The van der Waals surface area contributed by atoms with Gasteiger partial charge in [0.2, 0.25) is 0 Å². The molecule has 0 aliphatic carbocycles. The first kappa shape index (κ1) is 11.6. The Balaban J connectivity index is 2.18. The molecule has 90 valence electrons. The van der Waals surface area contributed by atoms with E-state index in [0.717, 1.165) is 32.4 Å². The van der Waals surface area contributed by atoms with E-state index in [1.165, 1.54) is 11.7 Å². The summed E-state index contributed by atoms with van der Waals surface area (Å²) < 4.78 is 14.8. The zero-order chi connectivity index (χ0) is 12.5. The summed E-state index contributed by atoms with van der Waals surface area (Å²) in [6, 6.07) is 12.0. The Morgan fingerprint density at radius 2 is 1.72 bits per heavy atom. The number of ether oxygens (including phenoxy) is 1. The van der Waals surface area contributed by atoms with Crippen LogP contribution in [0.3, 0.4) is 0 Å². The van der Waals surface area contributed by atoms with Crippen LogP contribution in [0.2, 0.25) is 0 Å². The average Bonchev–Trinajstić information content (AvgIpc) is 2.90. The highest BCUT2D eigenvalue weighted by Crippen LogP contribution is 2.32. The quantitative estimate of drug-likeness (QED) is 0.712. The molecule has 3 nitrogen and oxygen atoms in total. The standard InChI is InChI=1S/C13H9BrN2OS/c1-17-9-4-2-8(3-5-9)10-6-7-11(14)13-12(10)15-18-16-13/h2-7H,1H3. The van der Waals surface area contributed by atoms with Crippen LogP contribution in [0, 0.1) is 0 Å². The summed E-state index contributed by atoms with van der Waals surface area (Å²) in [7, 11) is 1.66. The molecule has 5 heteroatoms. The molecule has 1 aromatic heterocycles. The van der Waals surface area contributed by atoms with E-state index in [2.05, 4.69) is 30.7 Å². The van der Waals surface area contributed by atoms with Crippen molar-refractivity contribution in [3.05, 3.63) is 40.9 Å². The topological polar surface area (TPSA) is 35.0 Å². The summed E-state index contributed by atoms with van der Waals surface area (Å²) in [4.78, 5) is 0. The number of hydrogen-bond donors (Lipinski definition) is 0. The van der Waals surface area contributed by atoms with Gasteiger partial charge in [0.05, 0.1) is 18.8 Å². The molecule has 0 unspecified atom stereocenters. The maximum atomic E-state index is 5.16. The number of nitrogens with zero attached hydrogens (tertiary/aromatic N) is 2. The lowest BCUT2D eigenvalue weighted by Crippen LogP contribution is -1.84. The Morgan fingerprint density at radius 3 is 2.44 bits per heavy atom. The fourth-order valence-electron chi connectivity index (χ4n) is 1.84.